The molecule has 0 saturated heterocycles. The summed E-state index contributed by atoms with van der Waals surface area (Å²) in [5, 5.41) is 11.3. The molecule has 0 bridgehead atoms. The lowest BCUT2D eigenvalue weighted by molar-refractivity contribution is 0.244. The summed E-state index contributed by atoms with van der Waals surface area (Å²) in [4.78, 5) is 14.7. The molecular weight excluding hydrogens is 184 g/mol. The first-order valence-corrected chi connectivity index (χ1v) is 3.97. The van der Waals surface area contributed by atoms with Gasteiger partial charge in [0.15, 0.2) is 5.96 Å². The van der Waals surface area contributed by atoms with Crippen molar-refractivity contribution in [1.29, 1.82) is 0 Å². The van der Waals surface area contributed by atoms with E-state index in [4.69, 9.17) is 5.73 Å². The molecule has 0 saturated carbocycles. The third kappa shape index (κ3) is 3.13. The van der Waals surface area contributed by atoms with Crippen LogP contribution in [-0.2, 0) is 6.54 Å². The molecule has 0 radical (unpaired) electrons. The topological polar surface area (TPSA) is 108 Å². The van der Waals surface area contributed by atoms with Crippen molar-refractivity contribution in [2.45, 2.75) is 6.54 Å². The number of nitrogens with zero attached hydrogens (tertiary/aromatic N) is 2. The Balaban J connectivity index is 2.29. The Hall–Kier alpha value is -2.05. The van der Waals surface area contributed by atoms with E-state index in [2.05, 4.69) is 25.8 Å². The molecule has 0 aromatic carbocycles. The summed E-state index contributed by atoms with van der Waals surface area (Å²) >= 11 is 0. The van der Waals surface area contributed by atoms with Crippen molar-refractivity contribution in [1.82, 2.24) is 20.8 Å². The summed E-state index contributed by atoms with van der Waals surface area (Å²) in [6.45, 7) is 0.364. The van der Waals surface area contributed by atoms with E-state index in [0.29, 0.717) is 6.54 Å². The van der Waals surface area contributed by atoms with Crippen LogP contribution < -0.4 is 16.4 Å². The summed E-state index contributed by atoms with van der Waals surface area (Å²) < 4.78 is 0. The van der Waals surface area contributed by atoms with Crippen LogP contribution in [0.3, 0.4) is 0 Å². The number of guanidine groups is 1. The Kier molecular flexibility index (Phi) is 3.48. The number of hydrogen-bond acceptors (Lipinski definition) is 3. The van der Waals surface area contributed by atoms with Crippen LogP contribution in [0.2, 0.25) is 0 Å². The van der Waals surface area contributed by atoms with Crippen molar-refractivity contribution < 1.29 is 4.79 Å². The van der Waals surface area contributed by atoms with Gasteiger partial charge in [-0.15, -0.1) is 0 Å². The molecule has 5 N–H and O–H groups in total. The normalized spacial score (nSPS) is 11.1. The summed E-state index contributed by atoms with van der Waals surface area (Å²) in [5.74, 6) is 0.0760. The highest BCUT2D eigenvalue weighted by molar-refractivity contribution is 5.95. The summed E-state index contributed by atoms with van der Waals surface area (Å²) in [7, 11) is 1.49. The zero-order chi connectivity index (χ0) is 10.4. The Bertz CT molecular complexity index is 317. The van der Waals surface area contributed by atoms with Crippen molar-refractivity contribution in [3.8, 4) is 0 Å². The average molecular weight is 196 g/mol. The monoisotopic (exact) mass is 196 g/mol. The number of carbonyl (C=O) groups is 1. The molecule has 0 unspecified atom stereocenters. The Morgan fingerprint density at radius 3 is 3.14 bits per heavy atom. The van der Waals surface area contributed by atoms with E-state index >= 15 is 0 Å². The highest BCUT2D eigenvalue weighted by Crippen LogP contribution is 1.88. The van der Waals surface area contributed by atoms with Gasteiger partial charge in [-0.25, -0.2) is 4.79 Å². The zero-order valence-corrected chi connectivity index (χ0v) is 7.74. The van der Waals surface area contributed by atoms with Gasteiger partial charge in [0, 0.05) is 13.2 Å². The molecule has 0 atom stereocenters. The van der Waals surface area contributed by atoms with Crippen molar-refractivity contribution >= 4 is 12.0 Å². The number of aromatic nitrogens is 2. The van der Waals surface area contributed by atoms with Crippen LogP contribution in [0, 0.1) is 0 Å². The number of H-pyrrole nitrogens is 1. The van der Waals surface area contributed by atoms with Gasteiger partial charge in [-0.2, -0.15) is 5.10 Å². The molecule has 1 aromatic rings. The maximum Gasteiger partial charge on any atom is 0.321 e. The molecular formula is C7H12N6O. The molecule has 14 heavy (non-hydrogen) atoms. The van der Waals surface area contributed by atoms with Crippen LogP contribution in [0.15, 0.2) is 17.3 Å². The molecule has 0 fully saturated rings. The fraction of sp³-hybridized carbons (Fsp3) is 0.286. The number of amides is 2. The summed E-state index contributed by atoms with van der Waals surface area (Å²) in [6.07, 6.45) is 1.61. The number of nitrogens with one attached hydrogen (secondary N) is 3. The number of nitrogens with two attached hydrogens (primary N) is 1. The van der Waals surface area contributed by atoms with Gasteiger partial charge >= 0.3 is 6.03 Å². The molecule has 7 heteroatoms. The zero-order valence-electron chi connectivity index (χ0n) is 7.74. The first-order chi connectivity index (χ1) is 6.72. The van der Waals surface area contributed by atoms with Gasteiger partial charge in [0.1, 0.15) is 0 Å². The fourth-order valence-corrected chi connectivity index (χ4v) is 0.775. The van der Waals surface area contributed by atoms with Crippen LogP contribution in [0.25, 0.3) is 0 Å². The van der Waals surface area contributed by atoms with Gasteiger partial charge in [-0.3, -0.25) is 15.4 Å². The molecule has 76 valence electrons. The van der Waals surface area contributed by atoms with E-state index in [1.54, 1.807) is 12.3 Å². The Morgan fingerprint density at radius 2 is 2.57 bits per heavy atom. The van der Waals surface area contributed by atoms with E-state index in [1.165, 1.54) is 7.05 Å². The van der Waals surface area contributed by atoms with E-state index in [-0.39, 0.29) is 5.96 Å². The summed E-state index contributed by atoms with van der Waals surface area (Å²) in [5.41, 5.74) is 6.09. The molecule has 1 rings (SSSR count). The maximum atomic E-state index is 11.1. The van der Waals surface area contributed by atoms with E-state index in [9.17, 15) is 4.79 Å². The SMILES string of the molecule is CN=C(N)NC(=O)NCc1ccn[nH]1. The van der Waals surface area contributed by atoms with Crippen molar-refractivity contribution in [3.05, 3.63) is 18.0 Å². The van der Waals surface area contributed by atoms with E-state index < -0.39 is 6.03 Å². The van der Waals surface area contributed by atoms with Gasteiger partial charge in [-0.1, -0.05) is 0 Å². The highest BCUT2D eigenvalue weighted by atomic mass is 16.2. The fourth-order valence-electron chi connectivity index (χ4n) is 0.775. The molecule has 0 aliphatic carbocycles. The van der Waals surface area contributed by atoms with Gasteiger partial charge in [0.2, 0.25) is 0 Å². The van der Waals surface area contributed by atoms with Gasteiger partial charge in [0.25, 0.3) is 0 Å². The predicted molar refractivity (Wildman–Crippen MR) is 51.5 cm³/mol. The predicted octanol–water partition coefficient (Wildman–Crippen LogP) is -0.847. The van der Waals surface area contributed by atoms with Crippen molar-refractivity contribution in [2.75, 3.05) is 7.05 Å². The summed E-state index contributed by atoms with van der Waals surface area (Å²) in [6, 6.07) is 1.36. The quantitative estimate of drug-likeness (QED) is 0.365. The minimum absolute atomic E-state index is 0.0760. The molecule has 7 nitrogen and oxygen atoms in total. The van der Waals surface area contributed by atoms with Crippen LogP contribution in [0.4, 0.5) is 4.79 Å². The molecule has 0 aliphatic heterocycles. The smallest absolute Gasteiger partial charge is 0.321 e. The lowest BCUT2D eigenvalue weighted by Gasteiger charge is -2.04. The second kappa shape index (κ2) is 4.85. The molecule has 2 amide bonds. The van der Waals surface area contributed by atoms with Crippen LogP contribution in [0.1, 0.15) is 5.69 Å². The minimum atomic E-state index is -0.400. The number of rotatable bonds is 2. The molecule has 0 spiro atoms. The van der Waals surface area contributed by atoms with E-state index in [1.807, 2.05) is 0 Å². The van der Waals surface area contributed by atoms with Gasteiger partial charge < -0.3 is 11.1 Å². The largest absolute Gasteiger partial charge is 0.370 e. The van der Waals surface area contributed by atoms with Crippen LogP contribution in [0.5, 0.6) is 0 Å². The van der Waals surface area contributed by atoms with Gasteiger partial charge in [0.05, 0.1) is 12.2 Å². The number of aromatic amines is 1. The van der Waals surface area contributed by atoms with E-state index in [0.717, 1.165) is 5.69 Å². The number of carbonyl (C=O) groups excluding carboxylic acids is 1. The maximum absolute atomic E-state index is 11.1. The number of hydrogen-bond donors (Lipinski definition) is 4. The third-order valence-corrected chi connectivity index (χ3v) is 1.48. The highest BCUT2D eigenvalue weighted by Gasteiger charge is 2.01. The lowest BCUT2D eigenvalue weighted by Crippen LogP contribution is -2.43. The van der Waals surface area contributed by atoms with Crippen LogP contribution >= 0.6 is 0 Å². The number of urea groups is 1. The minimum Gasteiger partial charge on any atom is -0.370 e. The Labute approximate surface area is 80.8 Å². The first-order valence-electron chi connectivity index (χ1n) is 3.97. The Morgan fingerprint density at radius 1 is 1.79 bits per heavy atom. The van der Waals surface area contributed by atoms with Gasteiger partial charge in [-0.05, 0) is 6.07 Å². The average Bonchev–Trinajstić information content (AvgIpc) is 2.67. The first kappa shape index (κ1) is 10.0. The second-order valence-corrected chi connectivity index (χ2v) is 2.50. The standard InChI is InChI=1S/C7H12N6O/c1-9-6(8)12-7(14)10-4-5-2-3-11-13-5/h2-3H,4H2,1H3,(H,11,13)(H4,8,9,10,12,14). The van der Waals surface area contributed by atoms with Crippen molar-refractivity contribution in [2.24, 2.45) is 10.7 Å². The number of aliphatic imine (C=N–C) groups is 1. The molecule has 1 aromatic heterocycles. The molecule has 0 aliphatic rings. The second-order valence-electron chi connectivity index (χ2n) is 2.50. The lowest BCUT2D eigenvalue weighted by atomic mass is 10.4. The van der Waals surface area contributed by atoms with Crippen LogP contribution in [-0.4, -0.2) is 29.2 Å². The van der Waals surface area contributed by atoms with Crippen molar-refractivity contribution in [3.63, 3.8) is 0 Å². The third-order valence-electron chi connectivity index (χ3n) is 1.48. The molecule has 1 heterocycles.